The van der Waals surface area contributed by atoms with E-state index in [0.717, 1.165) is 15.6 Å². The summed E-state index contributed by atoms with van der Waals surface area (Å²) < 4.78 is 13.5. The highest BCUT2D eigenvalue weighted by Crippen LogP contribution is 2.31. The highest BCUT2D eigenvalue weighted by Gasteiger charge is 2.12. The van der Waals surface area contributed by atoms with E-state index in [2.05, 4.69) is 31.2 Å². The molecule has 1 aromatic heterocycles. The SMILES string of the molecule is COc1ccc(-c2n[nH]c(=S)n2/N=C/c2ccccc2Br)cc1OC. The number of aromatic nitrogens is 3. The Bertz CT molecular complexity index is 981. The molecular formula is C17H15BrN4O2S. The largest absolute Gasteiger partial charge is 0.493 e. The number of benzene rings is 2. The molecule has 0 atom stereocenters. The fourth-order valence-corrected chi connectivity index (χ4v) is 2.83. The zero-order valence-electron chi connectivity index (χ0n) is 13.6. The number of rotatable bonds is 5. The van der Waals surface area contributed by atoms with Crippen LogP contribution in [0.15, 0.2) is 52.0 Å². The number of ether oxygens (including phenoxy) is 2. The van der Waals surface area contributed by atoms with E-state index in [-0.39, 0.29) is 0 Å². The molecule has 0 saturated carbocycles. The van der Waals surface area contributed by atoms with Crippen LogP contribution in [0.2, 0.25) is 0 Å². The van der Waals surface area contributed by atoms with Crippen LogP contribution in [0.3, 0.4) is 0 Å². The topological polar surface area (TPSA) is 64.4 Å². The van der Waals surface area contributed by atoms with Crippen molar-refractivity contribution < 1.29 is 9.47 Å². The van der Waals surface area contributed by atoms with Crippen molar-refractivity contribution in [3.8, 4) is 22.9 Å². The summed E-state index contributed by atoms with van der Waals surface area (Å²) in [6.45, 7) is 0. The molecule has 0 spiro atoms. The number of hydrogen-bond donors (Lipinski definition) is 1. The van der Waals surface area contributed by atoms with E-state index in [1.165, 1.54) is 0 Å². The maximum Gasteiger partial charge on any atom is 0.216 e. The Morgan fingerprint density at radius 2 is 1.92 bits per heavy atom. The van der Waals surface area contributed by atoms with Crippen molar-refractivity contribution in [3.63, 3.8) is 0 Å². The van der Waals surface area contributed by atoms with Crippen LogP contribution in [0.4, 0.5) is 0 Å². The second-order valence-electron chi connectivity index (χ2n) is 5.00. The molecule has 6 nitrogen and oxygen atoms in total. The van der Waals surface area contributed by atoms with Crippen molar-refractivity contribution in [2.24, 2.45) is 5.10 Å². The number of nitrogens with one attached hydrogen (secondary N) is 1. The standard InChI is InChI=1S/C17H15BrN4O2S/c1-23-14-8-7-11(9-15(14)24-2)16-20-21-17(25)22(16)19-10-12-5-3-4-6-13(12)18/h3-10H,1-2H3,(H,21,25)/b19-10+. The molecule has 128 valence electrons. The van der Waals surface area contributed by atoms with E-state index in [4.69, 9.17) is 21.7 Å². The lowest BCUT2D eigenvalue weighted by Crippen LogP contribution is -1.97. The van der Waals surface area contributed by atoms with Crippen LogP contribution in [0.1, 0.15) is 5.56 Å². The van der Waals surface area contributed by atoms with Crippen LogP contribution in [-0.2, 0) is 0 Å². The van der Waals surface area contributed by atoms with Gasteiger partial charge in [-0.05, 0) is 36.5 Å². The van der Waals surface area contributed by atoms with Crippen molar-refractivity contribution in [1.82, 2.24) is 14.9 Å². The number of nitrogens with zero attached hydrogens (tertiary/aromatic N) is 3. The molecule has 1 heterocycles. The molecule has 0 amide bonds. The minimum atomic E-state index is 0.396. The molecule has 0 aliphatic carbocycles. The first-order valence-corrected chi connectivity index (χ1v) is 8.53. The van der Waals surface area contributed by atoms with Crippen molar-refractivity contribution in [2.75, 3.05) is 14.2 Å². The van der Waals surface area contributed by atoms with E-state index >= 15 is 0 Å². The third-order valence-corrected chi connectivity index (χ3v) is 4.50. The smallest absolute Gasteiger partial charge is 0.216 e. The third kappa shape index (κ3) is 3.64. The second kappa shape index (κ2) is 7.62. The Labute approximate surface area is 158 Å². The molecule has 2 aromatic carbocycles. The van der Waals surface area contributed by atoms with Crippen molar-refractivity contribution in [2.45, 2.75) is 0 Å². The quantitative estimate of drug-likeness (QED) is 0.496. The molecule has 0 fully saturated rings. The first-order valence-electron chi connectivity index (χ1n) is 7.32. The van der Waals surface area contributed by atoms with Crippen LogP contribution < -0.4 is 9.47 Å². The lowest BCUT2D eigenvalue weighted by atomic mass is 10.2. The minimum absolute atomic E-state index is 0.396. The Hall–Kier alpha value is -2.45. The monoisotopic (exact) mass is 418 g/mol. The predicted octanol–water partition coefficient (Wildman–Crippen LogP) is 4.27. The van der Waals surface area contributed by atoms with Gasteiger partial charge in [0.15, 0.2) is 17.3 Å². The van der Waals surface area contributed by atoms with Gasteiger partial charge in [-0.1, -0.05) is 34.1 Å². The number of methoxy groups -OCH3 is 2. The van der Waals surface area contributed by atoms with Gasteiger partial charge in [0.1, 0.15) is 0 Å². The molecule has 8 heteroatoms. The number of aromatic amines is 1. The van der Waals surface area contributed by atoms with Gasteiger partial charge in [0.2, 0.25) is 4.77 Å². The summed E-state index contributed by atoms with van der Waals surface area (Å²) in [5, 5.41) is 11.5. The summed E-state index contributed by atoms with van der Waals surface area (Å²) in [6, 6.07) is 13.3. The van der Waals surface area contributed by atoms with Gasteiger partial charge in [-0.2, -0.15) is 14.9 Å². The van der Waals surface area contributed by atoms with E-state index in [9.17, 15) is 0 Å². The van der Waals surface area contributed by atoms with Gasteiger partial charge >= 0.3 is 0 Å². The van der Waals surface area contributed by atoms with Crippen LogP contribution in [-0.4, -0.2) is 35.3 Å². The normalized spacial score (nSPS) is 11.0. The number of H-pyrrole nitrogens is 1. The zero-order valence-corrected chi connectivity index (χ0v) is 16.0. The molecular weight excluding hydrogens is 404 g/mol. The lowest BCUT2D eigenvalue weighted by Gasteiger charge is -2.09. The first kappa shape index (κ1) is 17.4. The van der Waals surface area contributed by atoms with Gasteiger partial charge in [0.05, 0.1) is 20.4 Å². The van der Waals surface area contributed by atoms with Crippen molar-refractivity contribution in [1.29, 1.82) is 0 Å². The van der Waals surface area contributed by atoms with Crippen LogP contribution in [0, 0.1) is 4.77 Å². The summed E-state index contributed by atoms with van der Waals surface area (Å²) in [4.78, 5) is 0. The zero-order chi connectivity index (χ0) is 17.8. The lowest BCUT2D eigenvalue weighted by molar-refractivity contribution is 0.355. The van der Waals surface area contributed by atoms with E-state index in [1.807, 2.05) is 42.5 Å². The van der Waals surface area contributed by atoms with Crippen LogP contribution in [0.5, 0.6) is 11.5 Å². The molecule has 0 unspecified atom stereocenters. The van der Waals surface area contributed by atoms with Crippen LogP contribution >= 0.6 is 28.1 Å². The molecule has 25 heavy (non-hydrogen) atoms. The summed E-state index contributed by atoms with van der Waals surface area (Å²) in [5.74, 6) is 1.83. The average molecular weight is 419 g/mol. The molecule has 0 saturated heterocycles. The highest BCUT2D eigenvalue weighted by molar-refractivity contribution is 9.10. The molecule has 0 aliphatic rings. The summed E-state index contributed by atoms with van der Waals surface area (Å²) in [5.41, 5.74) is 1.73. The average Bonchev–Trinajstić information content (AvgIpc) is 3.01. The molecule has 0 aliphatic heterocycles. The summed E-state index contributed by atoms with van der Waals surface area (Å²) in [6.07, 6.45) is 1.72. The minimum Gasteiger partial charge on any atom is -0.493 e. The first-order chi connectivity index (χ1) is 12.1. The second-order valence-corrected chi connectivity index (χ2v) is 6.24. The van der Waals surface area contributed by atoms with Gasteiger partial charge in [0.25, 0.3) is 0 Å². The maximum absolute atomic E-state index is 5.35. The third-order valence-electron chi connectivity index (χ3n) is 3.51. The summed E-state index contributed by atoms with van der Waals surface area (Å²) >= 11 is 8.79. The number of halogens is 1. The molecule has 0 radical (unpaired) electrons. The Morgan fingerprint density at radius 3 is 2.64 bits per heavy atom. The molecule has 3 aromatic rings. The van der Waals surface area contributed by atoms with Gasteiger partial charge in [0, 0.05) is 15.6 Å². The van der Waals surface area contributed by atoms with E-state index < -0.39 is 0 Å². The van der Waals surface area contributed by atoms with Crippen molar-refractivity contribution in [3.05, 3.63) is 57.3 Å². The van der Waals surface area contributed by atoms with Crippen LogP contribution in [0.25, 0.3) is 11.4 Å². The van der Waals surface area contributed by atoms with Gasteiger partial charge in [-0.25, -0.2) is 5.10 Å². The molecule has 0 bridgehead atoms. The van der Waals surface area contributed by atoms with E-state index in [0.29, 0.717) is 22.1 Å². The van der Waals surface area contributed by atoms with Crippen molar-refractivity contribution >= 4 is 34.4 Å². The summed E-state index contributed by atoms with van der Waals surface area (Å²) in [7, 11) is 3.18. The fraction of sp³-hybridized carbons (Fsp3) is 0.118. The van der Waals surface area contributed by atoms with E-state index in [1.54, 1.807) is 25.1 Å². The maximum atomic E-state index is 5.35. The van der Waals surface area contributed by atoms with Gasteiger partial charge in [-0.15, -0.1) is 0 Å². The molecule has 3 rings (SSSR count). The Kier molecular flexibility index (Phi) is 5.30. The Morgan fingerprint density at radius 1 is 1.16 bits per heavy atom. The van der Waals surface area contributed by atoms with Gasteiger partial charge < -0.3 is 9.47 Å². The fourth-order valence-electron chi connectivity index (χ4n) is 2.26. The van der Waals surface area contributed by atoms with Gasteiger partial charge in [-0.3, -0.25) is 0 Å². The number of hydrogen-bond acceptors (Lipinski definition) is 5. The Balaban J connectivity index is 2.03. The predicted molar refractivity (Wildman–Crippen MR) is 103 cm³/mol. The molecule has 1 N–H and O–H groups in total. The highest BCUT2D eigenvalue weighted by atomic mass is 79.9.